The minimum atomic E-state index is -0.872. The van der Waals surface area contributed by atoms with Crippen molar-refractivity contribution < 1.29 is 28.5 Å². The van der Waals surface area contributed by atoms with Crippen molar-refractivity contribution in [2.24, 2.45) is 0 Å². The third-order valence-corrected chi connectivity index (χ3v) is 3.06. The van der Waals surface area contributed by atoms with Crippen LogP contribution in [0.25, 0.3) is 0 Å². The average Bonchev–Trinajstić information content (AvgIpc) is 2.51. The highest BCUT2D eigenvalue weighted by molar-refractivity contribution is 5.81. The summed E-state index contributed by atoms with van der Waals surface area (Å²) in [6.45, 7) is 5.23. The number of nitrogens with one attached hydrogen (secondary N) is 1. The molecule has 1 aromatic carbocycles. The SMILES string of the molecule is COC(=O)[C@@H](Cc1ccc(OC)c(OC)c1)NC(=O)OC(C)(C)C. The van der Waals surface area contributed by atoms with Crippen LogP contribution < -0.4 is 14.8 Å². The highest BCUT2D eigenvalue weighted by Crippen LogP contribution is 2.28. The Balaban J connectivity index is 2.90. The summed E-state index contributed by atoms with van der Waals surface area (Å²) < 4.78 is 20.3. The zero-order valence-corrected chi connectivity index (χ0v) is 15.0. The van der Waals surface area contributed by atoms with Gasteiger partial charge in [0.2, 0.25) is 0 Å². The van der Waals surface area contributed by atoms with E-state index >= 15 is 0 Å². The first-order valence-corrected chi connectivity index (χ1v) is 7.48. The lowest BCUT2D eigenvalue weighted by Crippen LogP contribution is -2.45. The minimum absolute atomic E-state index is 0.228. The van der Waals surface area contributed by atoms with Crippen LogP contribution in [0.3, 0.4) is 0 Å². The second kappa shape index (κ2) is 8.42. The van der Waals surface area contributed by atoms with Crippen molar-refractivity contribution in [2.75, 3.05) is 21.3 Å². The largest absolute Gasteiger partial charge is 0.493 e. The second-order valence-electron chi connectivity index (χ2n) is 6.12. The zero-order valence-electron chi connectivity index (χ0n) is 15.0. The molecular weight excluding hydrogens is 314 g/mol. The number of benzene rings is 1. The molecule has 1 atom stereocenters. The molecule has 0 radical (unpaired) electrons. The summed E-state index contributed by atoms with van der Waals surface area (Å²) in [6.07, 6.45) is -0.454. The van der Waals surface area contributed by atoms with Crippen LogP contribution in [-0.2, 0) is 20.7 Å². The fourth-order valence-electron chi connectivity index (χ4n) is 2.03. The number of carbonyl (C=O) groups is 2. The summed E-state index contributed by atoms with van der Waals surface area (Å²) in [5, 5.41) is 2.53. The maximum absolute atomic E-state index is 11.9. The third kappa shape index (κ3) is 5.98. The number of hydrogen-bond donors (Lipinski definition) is 1. The van der Waals surface area contributed by atoms with Gasteiger partial charge in [-0.1, -0.05) is 6.07 Å². The van der Waals surface area contributed by atoms with Crippen LogP contribution in [0, 0.1) is 0 Å². The van der Waals surface area contributed by atoms with Crippen molar-refractivity contribution >= 4 is 12.1 Å². The van der Waals surface area contributed by atoms with Gasteiger partial charge in [0.1, 0.15) is 11.6 Å². The molecule has 1 aromatic rings. The number of methoxy groups -OCH3 is 3. The van der Waals surface area contributed by atoms with E-state index in [1.54, 1.807) is 46.1 Å². The lowest BCUT2D eigenvalue weighted by atomic mass is 10.1. The van der Waals surface area contributed by atoms with Crippen molar-refractivity contribution in [3.8, 4) is 11.5 Å². The summed E-state index contributed by atoms with van der Waals surface area (Å²) in [5.74, 6) is 0.558. The van der Waals surface area contributed by atoms with Crippen LogP contribution in [0.15, 0.2) is 18.2 Å². The van der Waals surface area contributed by atoms with Crippen molar-refractivity contribution in [2.45, 2.75) is 38.8 Å². The number of carbonyl (C=O) groups excluding carboxylic acids is 2. The molecule has 134 valence electrons. The minimum Gasteiger partial charge on any atom is -0.493 e. The summed E-state index contributed by atoms with van der Waals surface area (Å²) in [6, 6.07) is 4.39. The number of esters is 1. The molecule has 0 aliphatic carbocycles. The van der Waals surface area contributed by atoms with E-state index < -0.39 is 23.7 Å². The number of ether oxygens (including phenoxy) is 4. The van der Waals surface area contributed by atoms with Crippen LogP contribution in [0.4, 0.5) is 4.79 Å². The molecule has 1 amide bonds. The Bertz CT molecular complexity index is 579. The molecule has 1 rings (SSSR count). The van der Waals surface area contributed by atoms with Gasteiger partial charge < -0.3 is 24.3 Å². The van der Waals surface area contributed by atoms with Gasteiger partial charge in [0, 0.05) is 6.42 Å². The number of hydrogen-bond acceptors (Lipinski definition) is 6. The van der Waals surface area contributed by atoms with E-state index in [-0.39, 0.29) is 6.42 Å². The van der Waals surface area contributed by atoms with Gasteiger partial charge in [0.25, 0.3) is 0 Å². The lowest BCUT2D eigenvalue weighted by Gasteiger charge is -2.22. The van der Waals surface area contributed by atoms with Gasteiger partial charge in [-0.15, -0.1) is 0 Å². The Kier molecular flexibility index (Phi) is 6.88. The third-order valence-electron chi connectivity index (χ3n) is 3.06. The molecule has 7 heteroatoms. The summed E-state index contributed by atoms with van der Waals surface area (Å²) >= 11 is 0. The Morgan fingerprint density at radius 1 is 1.08 bits per heavy atom. The van der Waals surface area contributed by atoms with Gasteiger partial charge in [-0.2, -0.15) is 0 Å². The predicted molar refractivity (Wildman–Crippen MR) is 88.4 cm³/mol. The Hall–Kier alpha value is -2.44. The van der Waals surface area contributed by atoms with Crippen LogP contribution in [0.5, 0.6) is 11.5 Å². The summed E-state index contributed by atoms with van der Waals surface area (Å²) in [4.78, 5) is 23.9. The maximum Gasteiger partial charge on any atom is 0.408 e. The van der Waals surface area contributed by atoms with Crippen molar-refractivity contribution in [3.63, 3.8) is 0 Å². The Morgan fingerprint density at radius 3 is 2.21 bits per heavy atom. The highest BCUT2D eigenvalue weighted by atomic mass is 16.6. The number of amides is 1. The molecule has 0 aliphatic rings. The van der Waals surface area contributed by atoms with E-state index in [0.717, 1.165) is 5.56 Å². The molecule has 0 heterocycles. The van der Waals surface area contributed by atoms with Crippen LogP contribution in [0.1, 0.15) is 26.3 Å². The maximum atomic E-state index is 11.9. The molecule has 0 fully saturated rings. The van der Waals surface area contributed by atoms with Crippen molar-refractivity contribution in [3.05, 3.63) is 23.8 Å². The van der Waals surface area contributed by atoms with Gasteiger partial charge in [0.05, 0.1) is 21.3 Å². The standard InChI is InChI=1S/C17H25NO6/c1-17(2,3)24-16(20)18-12(15(19)23-6)9-11-7-8-13(21-4)14(10-11)22-5/h7-8,10,12H,9H2,1-6H3,(H,18,20)/t12-/m1/s1. The molecule has 0 saturated heterocycles. The molecule has 0 spiro atoms. The Labute approximate surface area is 142 Å². The first-order chi connectivity index (χ1) is 11.2. The number of rotatable bonds is 6. The quantitative estimate of drug-likeness (QED) is 0.801. The molecule has 0 unspecified atom stereocenters. The van der Waals surface area contributed by atoms with E-state index in [1.165, 1.54) is 14.2 Å². The van der Waals surface area contributed by atoms with E-state index in [9.17, 15) is 9.59 Å². The van der Waals surface area contributed by atoms with Crippen LogP contribution in [-0.4, -0.2) is 45.0 Å². The van der Waals surface area contributed by atoms with Crippen molar-refractivity contribution in [1.29, 1.82) is 0 Å². The second-order valence-corrected chi connectivity index (χ2v) is 6.12. The van der Waals surface area contributed by atoms with Crippen LogP contribution >= 0.6 is 0 Å². The van der Waals surface area contributed by atoms with Crippen molar-refractivity contribution in [1.82, 2.24) is 5.32 Å². The molecule has 0 saturated carbocycles. The summed E-state index contributed by atoms with van der Waals surface area (Å²) in [7, 11) is 4.33. The fraction of sp³-hybridized carbons (Fsp3) is 0.529. The first-order valence-electron chi connectivity index (χ1n) is 7.48. The summed E-state index contributed by atoms with van der Waals surface area (Å²) in [5.41, 5.74) is 0.118. The smallest absolute Gasteiger partial charge is 0.408 e. The van der Waals surface area contributed by atoms with Gasteiger partial charge in [0.15, 0.2) is 11.5 Å². The Morgan fingerprint density at radius 2 is 1.71 bits per heavy atom. The van der Waals surface area contributed by atoms with Gasteiger partial charge >= 0.3 is 12.1 Å². The number of alkyl carbamates (subject to hydrolysis) is 1. The molecule has 1 N–H and O–H groups in total. The molecular formula is C17H25NO6. The highest BCUT2D eigenvalue weighted by Gasteiger charge is 2.25. The van der Waals surface area contributed by atoms with Gasteiger partial charge in [-0.25, -0.2) is 9.59 Å². The average molecular weight is 339 g/mol. The van der Waals surface area contributed by atoms with Crippen LogP contribution in [0.2, 0.25) is 0 Å². The fourth-order valence-corrected chi connectivity index (χ4v) is 2.03. The molecule has 0 aromatic heterocycles. The topological polar surface area (TPSA) is 83.1 Å². The lowest BCUT2D eigenvalue weighted by molar-refractivity contribution is -0.143. The van der Waals surface area contributed by atoms with E-state index in [2.05, 4.69) is 5.32 Å². The van der Waals surface area contributed by atoms with Gasteiger partial charge in [-0.05, 0) is 38.5 Å². The monoisotopic (exact) mass is 339 g/mol. The molecule has 0 aliphatic heterocycles. The molecule has 24 heavy (non-hydrogen) atoms. The van der Waals surface area contributed by atoms with E-state index in [0.29, 0.717) is 11.5 Å². The predicted octanol–water partition coefficient (Wildman–Crippen LogP) is 2.31. The van der Waals surface area contributed by atoms with E-state index in [1.807, 2.05) is 0 Å². The zero-order chi connectivity index (χ0) is 18.3. The first kappa shape index (κ1) is 19.6. The normalized spacial score (nSPS) is 12.1. The van der Waals surface area contributed by atoms with E-state index in [4.69, 9.17) is 18.9 Å². The van der Waals surface area contributed by atoms with Gasteiger partial charge in [-0.3, -0.25) is 0 Å². The molecule has 7 nitrogen and oxygen atoms in total. The molecule has 0 bridgehead atoms.